The summed E-state index contributed by atoms with van der Waals surface area (Å²) in [5, 5.41) is 5.07. The number of nitrogens with zero attached hydrogens (tertiary/aromatic N) is 8. The predicted molar refractivity (Wildman–Crippen MR) is 94.5 cm³/mol. The molecular formula is C15H18N10. The van der Waals surface area contributed by atoms with E-state index in [9.17, 15) is 0 Å². The molecular weight excluding hydrogens is 320 g/mol. The maximum absolute atomic E-state index is 6.13. The predicted octanol–water partition coefficient (Wildman–Crippen LogP) is 1.40. The van der Waals surface area contributed by atoms with Crippen LogP contribution in [0.1, 0.15) is 26.8 Å². The van der Waals surface area contributed by atoms with Crippen molar-refractivity contribution in [3.05, 3.63) is 12.5 Å². The first kappa shape index (κ1) is 15.2. The molecule has 0 radical (unpaired) electrons. The Labute approximate surface area is 142 Å². The molecule has 0 amide bonds. The van der Waals surface area contributed by atoms with Crippen molar-refractivity contribution in [2.75, 3.05) is 11.5 Å². The monoisotopic (exact) mass is 338 g/mol. The molecule has 128 valence electrons. The summed E-state index contributed by atoms with van der Waals surface area (Å²) in [4.78, 5) is 21.9. The van der Waals surface area contributed by atoms with Gasteiger partial charge in [0, 0.05) is 12.6 Å². The maximum atomic E-state index is 6.13. The van der Waals surface area contributed by atoms with Gasteiger partial charge in [-0.25, -0.2) is 29.6 Å². The number of imidazole rings is 1. The highest BCUT2D eigenvalue weighted by molar-refractivity contribution is 5.88. The molecule has 0 unspecified atom stereocenters. The van der Waals surface area contributed by atoms with Crippen LogP contribution < -0.4 is 11.5 Å². The molecule has 0 aliphatic rings. The summed E-state index contributed by atoms with van der Waals surface area (Å²) in [5.41, 5.74) is 13.9. The smallest absolute Gasteiger partial charge is 0.200 e. The van der Waals surface area contributed by atoms with Crippen LogP contribution in [0.3, 0.4) is 0 Å². The number of fused-ring (bicyclic) bond motifs is 2. The second-order valence-electron chi connectivity index (χ2n) is 5.96. The van der Waals surface area contributed by atoms with Gasteiger partial charge >= 0.3 is 0 Å². The first-order valence-corrected chi connectivity index (χ1v) is 7.99. The lowest BCUT2D eigenvalue weighted by atomic mass is 10.3. The zero-order valence-electron chi connectivity index (χ0n) is 14.2. The third-order valence-electron chi connectivity index (χ3n) is 4.05. The van der Waals surface area contributed by atoms with E-state index >= 15 is 0 Å². The molecule has 4 N–H and O–H groups in total. The summed E-state index contributed by atoms with van der Waals surface area (Å²) in [7, 11) is 0. The van der Waals surface area contributed by atoms with Gasteiger partial charge in [-0.05, 0) is 20.8 Å². The van der Waals surface area contributed by atoms with E-state index < -0.39 is 0 Å². The van der Waals surface area contributed by atoms with Crippen LogP contribution in [0.4, 0.5) is 11.6 Å². The highest BCUT2D eigenvalue weighted by Gasteiger charge is 2.20. The van der Waals surface area contributed by atoms with E-state index in [-0.39, 0.29) is 6.04 Å². The average molecular weight is 338 g/mol. The average Bonchev–Trinajstić information content (AvgIpc) is 3.16. The van der Waals surface area contributed by atoms with Crippen molar-refractivity contribution in [2.45, 2.75) is 33.4 Å². The van der Waals surface area contributed by atoms with Crippen LogP contribution in [0, 0.1) is 0 Å². The Bertz CT molecular complexity index is 1090. The van der Waals surface area contributed by atoms with E-state index in [4.69, 9.17) is 11.5 Å². The molecule has 0 fully saturated rings. The van der Waals surface area contributed by atoms with Gasteiger partial charge in [0.05, 0.1) is 11.6 Å². The first-order chi connectivity index (χ1) is 12.0. The summed E-state index contributed by atoms with van der Waals surface area (Å²) >= 11 is 0. The number of aromatic nitrogens is 8. The van der Waals surface area contributed by atoms with E-state index in [2.05, 4.69) is 30.0 Å². The lowest BCUT2D eigenvalue weighted by Gasteiger charge is -2.09. The lowest BCUT2D eigenvalue weighted by Crippen LogP contribution is -2.07. The second-order valence-corrected chi connectivity index (χ2v) is 5.96. The molecule has 0 saturated carbocycles. The number of aryl methyl sites for hydroxylation is 1. The van der Waals surface area contributed by atoms with Crippen molar-refractivity contribution >= 4 is 33.8 Å². The van der Waals surface area contributed by atoms with Crippen LogP contribution in [0.15, 0.2) is 12.5 Å². The minimum absolute atomic E-state index is 0.145. The molecule has 10 heteroatoms. The van der Waals surface area contributed by atoms with Crippen molar-refractivity contribution in [3.8, 4) is 11.6 Å². The fraction of sp³-hybridized carbons (Fsp3) is 0.333. The lowest BCUT2D eigenvalue weighted by molar-refractivity contribution is 0.546. The molecule has 10 nitrogen and oxygen atoms in total. The quantitative estimate of drug-likeness (QED) is 0.571. The first-order valence-electron chi connectivity index (χ1n) is 7.99. The highest BCUT2D eigenvalue weighted by Crippen LogP contribution is 2.27. The van der Waals surface area contributed by atoms with Crippen molar-refractivity contribution < 1.29 is 0 Å². The molecule has 0 bridgehead atoms. The Balaban J connectivity index is 2.03. The van der Waals surface area contributed by atoms with Crippen LogP contribution in [-0.4, -0.2) is 39.3 Å². The molecule has 0 aromatic carbocycles. The molecule has 0 aliphatic heterocycles. The van der Waals surface area contributed by atoms with Gasteiger partial charge in [0.25, 0.3) is 0 Å². The van der Waals surface area contributed by atoms with Crippen molar-refractivity contribution in [3.63, 3.8) is 0 Å². The van der Waals surface area contributed by atoms with Gasteiger partial charge in [0.2, 0.25) is 0 Å². The number of anilines is 2. The fourth-order valence-electron chi connectivity index (χ4n) is 2.85. The van der Waals surface area contributed by atoms with Crippen LogP contribution in [-0.2, 0) is 6.54 Å². The third-order valence-corrected chi connectivity index (χ3v) is 4.05. The van der Waals surface area contributed by atoms with Crippen LogP contribution >= 0.6 is 0 Å². The van der Waals surface area contributed by atoms with Crippen LogP contribution in [0.2, 0.25) is 0 Å². The molecule has 4 rings (SSSR count). The molecule has 0 saturated heterocycles. The highest BCUT2D eigenvalue weighted by atomic mass is 15.3. The second kappa shape index (κ2) is 5.36. The van der Waals surface area contributed by atoms with E-state index in [1.165, 1.54) is 6.33 Å². The molecule has 0 aliphatic carbocycles. The van der Waals surface area contributed by atoms with Gasteiger partial charge in [-0.3, -0.25) is 0 Å². The Morgan fingerprint density at radius 2 is 1.84 bits per heavy atom. The van der Waals surface area contributed by atoms with Gasteiger partial charge in [-0.1, -0.05) is 0 Å². The van der Waals surface area contributed by atoms with Gasteiger partial charge < -0.3 is 16.0 Å². The Kier molecular flexibility index (Phi) is 3.27. The van der Waals surface area contributed by atoms with E-state index in [1.807, 2.05) is 30.0 Å². The molecule has 4 aromatic heterocycles. The van der Waals surface area contributed by atoms with Gasteiger partial charge in [-0.15, -0.1) is 0 Å². The van der Waals surface area contributed by atoms with E-state index in [1.54, 1.807) is 6.20 Å². The minimum atomic E-state index is 0.145. The number of rotatable bonds is 3. The summed E-state index contributed by atoms with van der Waals surface area (Å²) in [6, 6.07) is 0.145. The summed E-state index contributed by atoms with van der Waals surface area (Å²) in [5.74, 6) is 1.64. The largest absolute Gasteiger partial charge is 0.383 e. The number of hydrogen-bond acceptors (Lipinski definition) is 8. The third kappa shape index (κ3) is 2.17. The molecule has 4 heterocycles. The van der Waals surface area contributed by atoms with Crippen molar-refractivity contribution in [2.24, 2.45) is 0 Å². The van der Waals surface area contributed by atoms with Gasteiger partial charge in [0.15, 0.2) is 34.3 Å². The standard InChI is InChI=1S/C15H18N10/c1-4-24-14-9(11(17)18-6-19-14)21-15(24)12-22-10(16)8-5-20-25(7(2)3)13(8)23-12/h5-7H,4H2,1-3H3,(H2,16,22,23)(H2,17,18,19). The maximum Gasteiger partial charge on any atom is 0.200 e. The van der Waals surface area contributed by atoms with Crippen LogP contribution in [0.5, 0.6) is 0 Å². The van der Waals surface area contributed by atoms with Gasteiger partial charge in [0.1, 0.15) is 12.1 Å². The molecule has 25 heavy (non-hydrogen) atoms. The Hall–Kier alpha value is -3.30. The number of nitrogens with two attached hydrogens (primary N) is 2. The topological polar surface area (TPSA) is 139 Å². The zero-order valence-corrected chi connectivity index (χ0v) is 14.2. The van der Waals surface area contributed by atoms with Crippen LogP contribution in [0.25, 0.3) is 33.8 Å². The molecule has 0 spiro atoms. The summed E-state index contributed by atoms with van der Waals surface area (Å²) < 4.78 is 3.70. The number of hydrogen-bond donors (Lipinski definition) is 2. The zero-order chi connectivity index (χ0) is 17.7. The SMILES string of the molecule is CCn1c(-c2nc(N)c3cnn(C(C)C)c3n2)nc2c(N)ncnc21. The summed E-state index contributed by atoms with van der Waals surface area (Å²) in [6.45, 7) is 6.68. The van der Waals surface area contributed by atoms with E-state index in [0.717, 1.165) is 5.39 Å². The molecule has 4 aromatic rings. The van der Waals surface area contributed by atoms with Crippen molar-refractivity contribution in [1.82, 2.24) is 39.3 Å². The summed E-state index contributed by atoms with van der Waals surface area (Å²) in [6.07, 6.45) is 3.10. The minimum Gasteiger partial charge on any atom is -0.383 e. The van der Waals surface area contributed by atoms with Crippen molar-refractivity contribution in [1.29, 1.82) is 0 Å². The van der Waals surface area contributed by atoms with Gasteiger partial charge in [-0.2, -0.15) is 5.10 Å². The molecule has 0 atom stereocenters. The Morgan fingerprint density at radius 1 is 1.04 bits per heavy atom. The fourth-order valence-corrected chi connectivity index (χ4v) is 2.85. The Morgan fingerprint density at radius 3 is 2.56 bits per heavy atom. The number of nitrogen functional groups attached to an aromatic ring is 2. The normalized spacial score (nSPS) is 11.8. The van der Waals surface area contributed by atoms with E-state index in [0.29, 0.717) is 46.6 Å².